The molecule has 0 saturated carbocycles. The van der Waals surface area contributed by atoms with E-state index >= 15 is 0 Å². The van der Waals surface area contributed by atoms with Crippen molar-refractivity contribution >= 4 is 30.8 Å². The van der Waals surface area contributed by atoms with Crippen LogP contribution in [-0.4, -0.2) is 29.9 Å². The van der Waals surface area contributed by atoms with Crippen LogP contribution in [0.4, 0.5) is 0 Å². The van der Waals surface area contributed by atoms with Gasteiger partial charge in [-0.05, 0) is 35.1 Å². The third kappa shape index (κ3) is 5.84. The summed E-state index contributed by atoms with van der Waals surface area (Å²) in [6.07, 6.45) is 0. The van der Waals surface area contributed by atoms with Crippen LogP contribution in [0.2, 0.25) is 0 Å². The van der Waals surface area contributed by atoms with Gasteiger partial charge in [-0.15, -0.1) is 0 Å². The Bertz CT molecular complexity index is 1420. The Morgan fingerprint density at radius 3 is 1.25 bits per heavy atom. The average Bonchev–Trinajstić information content (AvgIpc) is 2.90. The van der Waals surface area contributed by atoms with Crippen molar-refractivity contribution < 1.29 is 16.8 Å². The molecule has 0 spiro atoms. The van der Waals surface area contributed by atoms with E-state index in [1.54, 1.807) is 24.3 Å². The summed E-state index contributed by atoms with van der Waals surface area (Å²) in [4.78, 5) is 0.102. The topological polar surface area (TPSA) is 92.3 Å². The minimum Gasteiger partial charge on any atom is -0.211 e. The zero-order valence-electron chi connectivity index (χ0n) is 20.3. The van der Waals surface area contributed by atoms with Crippen molar-refractivity contribution in [3.05, 3.63) is 108 Å². The van der Waals surface area contributed by atoms with Gasteiger partial charge in [-0.2, -0.15) is 0 Å². The van der Waals surface area contributed by atoms with Gasteiger partial charge in [0, 0.05) is 23.9 Å². The average molecular weight is 523 g/mol. The van der Waals surface area contributed by atoms with Crippen molar-refractivity contribution in [3.8, 4) is 0 Å². The molecule has 0 amide bonds. The summed E-state index contributed by atoms with van der Waals surface area (Å²) in [6.45, 7) is 4.35. The number of hydrogen-bond acceptors (Lipinski definition) is 4. The highest BCUT2D eigenvalue weighted by atomic mass is 32.2. The quantitative estimate of drug-likeness (QED) is 0.306. The fourth-order valence-corrected chi connectivity index (χ4v) is 6.85. The van der Waals surface area contributed by atoms with Gasteiger partial charge in [0.15, 0.2) is 0 Å². The van der Waals surface area contributed by atoms with Crippen LogP contribution in [0.1, 0.15) is 36.8 Å². The molecular weight excluding hydrogens is 492 g/mol. The molecule has 0 fully saturated rings. The second kappa shape index (κ2) is 10.9. The Hall–Kier alpha value is -3.04. The van der Waals surface area contributed by atoms with Gasteiger partial charge >= 0.3 is 0 Å². The van der Waals surface area contributed by atoms with Gasteiger partial charge in [0.25, 0.3) is 0 Å². The minimum absolute atomic E-state index is 0.0253. The Morgan fingerprint density at radius 1 is 0.528 bits per heavy atom. The van der Waals surface area contributed by atoms with Crippen LogP contribution in [0.15, 0.2) is 107 Å². The maximum atomic E-state index is 13.2. The Labute approximate surface area is 213 Å². The molecule has 0 aromatic heterocycles. The summed E-state index contributed by atoms with van der Waals surface area (Å²) in [6, 6.07) is 28.8. The molecule has 188 valence electrons. The Morgan fingerprint density at radius 2 is 0.889 bits per heavy atom. The lowest BCUT2D eigenvalue weighted by atomic mass is 10.0. The highest BCUT2D eigenvalue weighted by Gasteiger charge is 2.23. The number of nitrogens with one attached hydrogen (secondary N) is 2. The fourth-order valence-electron chi connectivity index (χ4n) is 4.14. The number of fused-ring (bicyclic) bond motifs is 1. The van der Waals surface area contributed by atoms with E-state index in [0.29, 0.717) is 10.8 Å². The van der Waals surface area contributed by atoms with Gasteiger partial charge in [-0.1, -0.05) is 98.8 Å². The highest BCUT2D eigenvalue weighted by Crippen LogP contribution is 2.29. The zero-order chi connectivity index (χ0) is 25.8. The maximum absolute atomic E-state index is 13.2. The van der Waals surface area contributed by atoms with Crippen LogP contribution < -0.4 is 9.44 Å². The minimum atomic E-state index is -3.88. The smallest absolute Gasteiger partial charge is 0.211 e. The summed E-state index contributed by atoms with van der Waals surface area (Å²) in [7, 11) is -7.76. The van der Waals surface area contributed by atoms with E-state index in [0.717, 1.165) is 11.1 Å². The first-order valence-corrected chi connectivity index (χ1v) is 14.8. The third-order valence-corrected chi connectivity index (χ3v) is 9.28. The first kappa shape index (κ1) is 26.0. The normalized spacial score (nSPS) is 13.9. The lowest BCUT2D eigenvalue weighted by molar-refractivity contribution is 0.573. The first-order chi connectivity index (χ1) is 17.2. The molecule has 0 heterocycles. The molecule has 4 rings (SSSR count). The van der Waals surface area contributed by atoms with E-state index in [1.807, 2.05) is 74.5 Å². The van der Waals surface area contributed by atoms with Crippen LogP contribution >= 0.6 is 0 Å². The summed E-state index contributed by atoms with van der Waals surface area (Å²) in [5.41, 5.74) is 2.06. The molecule has 0 aliphatic carbocycles. The molecule has 0 radical (unpaired) electrons. The van der Waals surface area contributed by atoms with Gasteiger partial charge in [0.2, 0.25) is 20.0 Å². The van der Waals surface area contributed by atoms with E-state index in [1.165, 1.54) is 12.1 Å². The molecule has 6 nitrogen and oxygen atoms in total. The first-order valence-electron chi connectivity index (χ1n) is 11.8. The highest BCUT2D eigenvalue weighted by molar-refractivity contribution is 7.90. The van der Waals surface area contributed by atoms with Gasteiger partial charge in [-0.3, -0.25) is 0 Å². The molecule has 2 atom stereocenters. The van der Waals surface area contributed by atoms with Crippen molar-refractivity contribution in [2.24, 2.45) is 0 Å². The molecule has 8 heteroatoms. The van der Waals surface area contributed by atoms with Gasteiger partial charge < -0.3 is 0 Å². The Balaban J connectivity index is 1.58. The predicted molar refractivity (Wildman–Crippen MR) is 144 cm³/mol. The molecule has 2 N–H and O–H groups in total. The monoisotopic (exact) mass is 522 g/mol. The largest absolute Gasteiger partial charge is 0.241 e. The van der Waals surface area contributed by atoms with Crippen molar-refractivity contribution in [1.82, 2.24) is 9.44 Å². The lowest BCUT2D eigenvalue weighted by Gasteiger charge is -2.16. The number of benzene rings is 4. The second-order valence-electron chi connectivity index (χ2n) is 8.93. The van der Waals surface area contributed by atoms with E-state index < -0.39 is 20.0 Å². The summed E-state index contributed by atoms with van der Waals surface area (Å²) >= 11 is 0. The number of sulfonamides is 2. The van der Waals surface area contributed by atoms with Gasteiger partial charge in [0.1, 0.15) is 0 Å². The van der Waals surface area contributed by atoms with Gasteiger partial charge in [0.05, 0.1) is 9.79 Å². The number of rotatable bonds is 10. The second-order valence-corrected chi connectivity index (χ2v) is 12.4. The van der Waals surface area contributed by atoms with Crippen molar-refractivity contribution in [3.63, 3.8) is 0 Å². The summed E-state index contributed by atoms with van der Waals surface area (Å²) in [5.74, 6) is -0.0506. The molecule has 0 aliphatic rings. The molecule has 36 heavy (non-hydrogen) atoms. The van der Waals surface area contributed by atoms with Crippen molar-refractivity contribution in [2.45, 2.75) is 35.5 Å². The summed E-state index contributed by atoms with van der Waals surface area (Å²) in [5, 5.41) is 0.715. The maximum Gasteiger partial charge on any atom is 0.241 e. The van der Waals surface area contributed by atoms with Crippen molar-refractivity contribution in [1.29, 1.82) is 0 Å². The van der Waals surface area contributed by atoms with Crippen LogP contribution in [-0.2, 0) is 20.0 Å². The van der Waals surface area contributed by atoms with Gasteiger partial charge in [-0.25, -0.2) is 26.3 Å². The van der Waals surface area contributed by atoms with Crippen LogP contribution in [0.5, 0.6) is 0 Å². The zero-order valence-corrected chi connectivity index (χ0v) is 21.9. The molecule has 4 aromatic carbocycles. The fraction of sp³-hybridized carbons (Fsp3) is 0.214. The van der Waals surface area contributed by atoms with E-state index in [4.69, 9.17) is 0 Å². The van der Waals surface area contributed by atoms with Crippen LogP contribution in [0, 0.1) is 0 Å². The standard InChI is InChI=1S/C28H30N2O4S2/c1-21(23-11-5-3-6-12-23)19-29-35(31,32)27-17-9-16-26-25(27)15-10-18-28(26)36(33,34)30-20-22(2)24-13-7-4-8-14-24/h3-18,21-22,29-30H,19-20H2,1-2H3. The molecule has 4 aromatic rings. The van der Waals surface area contributed by atoms with Crippen molar-refractivity contribution in [2.75, 3.05) is 13.1 Å². The van der Waals surface area contributed by atoms with E-state index in [9.17, 15) is 16.8 Å². The lowest BCUT2D eigenvalue weighted by Crippen LogP contribution is -2.29. The van der Waals surface area contributed by atoms with Crippen LogP contribution in [0.25, 0.3) is 10.8 Å². The molecule has 0 aliphatic heterocycles. The predicted octanol–water partition coefficient (Wildman–Crippen LogP) is 5.00. The molecule has 2 unspecified atom stereocenters. The SMILES string of the molecule is CC(CNS(=O)(=O)c1cccc2c(S(=O)(=O)NCC(C)c3ccccc3)cccc12)c1ccccc1. The molecule has 0 bridgehead atoms. The van der Waals surface area contributed by atoms with Crippen LogP contribution in [0.3, 0.4) is 0 Å². The van der Waals surface area contributed by atoms with E-state index in [2.05, 4.69) is 9.44 Å². The third-order valence-electron chi connectivity index (χ3n) is 6.32. The molecular formula is C28H30N2O4S2. The number of hydrogen-bond donors (Lipinski definition) is 2. The summed E-state index contributed by atoms with van der Waals surface area (Å²) < 4.78 is 58.3. The molecule has 0 saturated heterocycles. The Kier molecular flexibility index (Phi) is 7.90. The van der Waals surface area contributed by atoms with E-state index in [-0.39, 0.29) is 34.7 Å².